The molecule has 1 aromatic rings. The van der Waals surface area contributed by atoms with E-state index in [1.165, 1.54) is 12.1 Å². The molecule has 0 bridgehead atoms. The number of aromatic hydroxyl groups is 2. The van der Waals surface area contributed by atoms with Crippen molar-refractivity contribution >= 4 is 0 Å². The zero-order chi connectivity index (χ0) is 17.3. The van der Waals surface area contributed by atoms with Crippen LogP contribution in [0.4, 0.5) is 0 Å². The molecular formula is C17H33LiN2O3. The molecule has 1 aromatic carbocycles. The third-order valence-electron chi connectivity index (χ3n) is 2.77. The molecule has 0 aliphatic carbocycles. The van der Waals surface area contributed by atoms with Crippen LogP contribution in [-0.4, -0.2) is 40.0 Å². The molecule has 0 amide bonds. The van der Waals surface area contributed by atoms with Crippen LogP contribution in [0.3, 0.4) is 0 Å². The fourth-order valence-electron chi connectivity index (χ4n) is 1.88. The number of nitrogens with one attached hydrogen (secondary N) is 2. The van der Waals surface area contributed by atoms with E-state index in [4.69, 9.17) is 5.11 Å². The number of phenols is 2. The molecular weight excluding hydrogens is 287 g/mol. The minimum atomic E-state index is -0.682. The van der Waals surface area contributed by atoms with E-state index in [0.29, 0.717) is 30.2 Å². The van der Waals surface area contributed by atoms with Crippen molar-refractivity contribution in [3.8, 4) is 11.5 Å². The Balaban J connectivity index is -0.000000424. The van der Waals surface area contributed by atoms with Crippen molar-refractivity contribution in [1.82, 2.24) is 10.6 Å². The molecule has 0 aromatic heterocycles. The van der Waals surface area contributed by atoms with Crippen LogP contribution in [0.2, 0.25) is 0 Å². The molecule has 0 radical (unpaired) electrons. The molecule has 5 N–H and O–H groups in total. The van der Waals surface area contributed by atoms with E-state index in [1.807, 2.05) is 13.8 Å². The number of aliphatic hydroxyl groups excluding tert-OH is 1. The van der Waals surface area contributed by atoms with Crippen LogP contribution in [0.1, 0.15) is 54.6 Å². The Morgan fingerprint density at radius 2 is 1.43 bits per heavy atom. The average Bonchev–Trinajstić information content (AvgIpc) is 2.38. The number of rotatable bonds is 6. The first kappa shape index (κ1) is 24.5. The molecule has 0 heterocycles. The molecule has 0 saturated carbocycles. The Bertz CT molecular complexity index is 426. The fraction of sp³-hybridized carbons (Fsp3) is 0.647. The molecule has 130 valence electrons. The van der Waals surface area contributed by atoms with Gasteiger partial charge >= 0.3 is 18.9 Å². The molecule has 0 unspecified atom stereocenters. The van der Waals surface area contributed by atoms with Gasteiger partial charge in [0.1, 0.15) is 0 Å². The molecule has 23 heavy (non-hydrogen) atoms. The van der Waals surface area contributed by atoms with Crippen molar-refractivity contribution < 1.29 is 35.6 Å². The third kappa shape index (κ3) is 12.4. The standard InChI is InChI=1S/C11H17NO3.C6H15N.Li.H/c1-7(2)12-6-11(15)8-3-4-9(13)10(14)5-8;1-5(2)7-6(3)4;;/h3-5,7,11-15H,6H2,1-2H3;5-7H,1-4H3;;/q;;+1;-1/t11-;;;/m1.../s1. The van der Waals surface area contributed by atoms with Gasteiger partial charge in [0.05, 0.1) is 6.10 Å². The van der Waals surface area contributed by atoms with Gasteiger partial charge in [-0.2, -0.15) is 0 Å². The van der Waals surface area contributed by atoms with Gasteiger partial charge in [-0.05, 0) is 17.7 Å². The van der Waals surface area contributed by atoms with Gasteiger partial charge in [-0.1, -0.05) is 47.6 Å². The molecule has 5 nitrogen and oxygen atoms in total. The average molecular weight is 320 g/mol. The van der Waals surface area contributed by atoms with Crippen LogP contribution in [0.5, 0.6) is 11.5 Å². The Morgan fingerprint density at radius 3 is 1.78 bits per heavy atom. The van der Waals surface area contributed by atoms with E-state index in [-0.39, 0.29) is 31.8 Å². The molecule has 1 atom stereocenters. The largest absolute Gasteiger partial charge is 1.00 e. The first-order chi connectivity index (χ1) is 10.1. The Morgan fingerprint density at radius 1 is 0.913 bits per heavy atom. The molecule has 1 rings (SSSR count). The summed E-state index contributed by atoms with van der Waals surface area (Å²) < 4.78 is 0. The van der Waals surface area contributed by atoms with E-state index in [1.54, 1.807) is 6.07 Å². The van der Waals surface area contributed by atoms with Crippen molar-refractivity contribution in [2.24, 2.45) is 0 Å². The quantitative estimate of drug-likeness (QED) is 0.365. The van der Waals surface area contributed by atoms with Crippen molar-refractivity contribution in [3.63, 3.8) is 0 Å². The Hall–Kier alpha value is -0.703. The summed E-state index contributed by atoms with van der Waals surface area (Å²) >= 11 is 0. The fourth-order valence-corrected chi connectivity index (χ4v) is 1.88. The first-order valence-electron chi connectivity index (χ1n) is 7.82. The van der Waals surface area contributed by atoms with Crippen LogP contribution in [-0.2, 0) is 0 Å². The van der Waals surface area contributed by atoms with E-state index < -0.39 is 6.10 Å². The normalized spacial score (nSPS) is 11.9. The summed E-state index contributed by atoms with van der Waals surface area (Å²) in [7, 11) is 0. The third-order valence-corrected chi connectivity index (χ3v) is 2.77. The monoisotopic (exact) mass is 320 g/mol. The van der Waals surface area contributed by atoms with E-state index in [0.717, 1.165) is 0 Å². The first-order valence-corrected chi connectivity index (χ1v) is 7.82. The number of benzene rings is 1. The minimum Gasteiger partial charge on any atom is -1.00 e. The topological polar surface area (TPSA) is 84.8 Å². The predicted octanol–water partition coefficient (Wildman–Crippen LogP) is -0.361. The molecule has 0 aliphatic heterocycles. The van der Waals surface area contributed by atoms with Gasteiger partial charge in [0.25, 0.3) is 0 Å². The summed E-state index contributed by atoms with van der Waals surface area (Å²) in [4.78, 5) is 0. The van der Waals surface area contributed by atoms with Crippen LogP contribution >= 0.6 is 0 Å². The maximum atomic E-state index is 9.73. The molecule has 0 fully saturated rings. The summed E-state index contributed by atoms with van der Waals surface area (Å²) in [5.41, 5.74) is 0.582. The van der Waals surface area contributed by atoms with Crippen LogP contribution in [0.15, 0.2) is 18.2 Å². The summed E-state index contributed by atoms with van der Waals surface area (Å²) in [5, 5.41) is 34.5. The predicted molar refractivity (Wildman–Crippen MR) is 92.4 cm³/mol. The Kier molecular flexibility index (Phi) is 13.5. The number of hydrogen-bond donors (Lipinski definition) is 5. The minimum absolute atomic E-state index is 0. The van der Waals surface area contributed by atoms with Crippen LogP contribution in [0, 0.1) is 0 Å². The second-order valence-corrected chi connectivity index (χ2v) is 6.30. The van der Waals surface area contributed by atoms with E-state index in [9.17, 15) is 10.2 Å². The molecule has 0 saturated heterocycles. The van der Waals surface area contributed by atoms with E-state index in [2.05, 4.69) is 38.3 Å². The van der Waals surface area contributed by atoms with Gasteiger partial charge in [0, 0.05) is 24.7 Å². The summed E-state index contributed by atoms with van der Waals surface area (Å²) in [6.45, 7) is 13.0. The maximum Gasteiger partial charge on any atom is 1.00 e. The van der Waals surface area contributed by atoms with Gasteiger partial charge in [-0.25, -0.2) is 0 Å². The van der Waals surface area contributed by atoms with Gasteiger partial charge in [-0.3, -0.25) is 0 Å². The van der Waals surface area contributed by atoms with Gasteiger partial charge in [0.2, 0.25) is 0 Å². The van der Waals surface area contributed by atoms with E-state index >= 15 is 0 Å². The van der Waals surface area contributed by atoms with Crippen molar-refractivity contribution in [2.45, 2.75) is 65.8 Å². The zero-order valence-electron chi connectivity index (χ0n) is 16.6. The molecule has 0 spiro atoms. The van der Waals surface area contributed by atoms with Crippen molar-refractivity contribution in [2.75, 3.05) is 6.54 Å². The number of hydrogen-bond acceptors (Lipinski definition) is 5. The molecule has 6 heteroatoms. The smallest absolute Gasteiger partial charge is 1.00 e. The summed E-state index contributed by atoms with van der Waals surface area (Å²) in [6.07, 6.45) is -0.682. The van der Waals surface area contributed by atoms with Crippen LogP contribution in [0.25, 0.3) is 0 Å². The zero-order valence-corrected chi connectivity index (χ0v) is 15.6. The van der Waals surface area contributed by atoms with Gasteiger partial charge < -0.3 is 27.4 Å². The second-order valence-electron chi connectivity index (χ2n) is 6.30. The summed E-state index contributed by atoms with van der Waals surface area (Å²) in [5.74, 6) is -0.390. The van der Waals surface area contributed by atoms with Crippen molar-refractivity contribution in [1.29, 1.82) is 0 Å². The SMILES string of the molecule is CC(C)NC(C)C.CC(C)NC[C@@H](O)c1ccc(O)c(O)c1.[H-].[Li+]. The molecule has 0 aliphatic rings. The number of aliphatic hydroxyl groups is 1. The number of phenolic OH excluding ortho intramolecular Hbond substituents is 2. The van der Waals surface area contributed by atoms with Crippen molar-refractivity contribution in [3.05, 3.63) is 23.8 Å². The summed E-state index contributed by atoms with van der Waals surface area (Å²) in [6, 6.07) is 5.86. The second kappa shape index (κ2) is 12.7. The van der Waals surface area contributed by atoms with Crippen LogP contribution < -0.4 is 29.5 Å². The van der Waals surface area contributed by atoms with Gasteiger partial charge in [0.15, 0.2) is 11.5 Å². The Labute approximate surface area is 154 Å². The maximum absolute atomic E-state index is 9.73. The van der Waals surface area contributed by atoms with Gasteiger partial charge in [-0.15, -0.1) is 0 Å².